The van der Waals surface area contributed by atoms with Gasteiger partial charge in [0.05, 0.1) is 13.7 Å². The number of H-pyrrole nitrogens is 1. The number of carbonyl (C=O) groups is 1. The van der Waals surface area contributed by atoms with E-state index >= 15 is 0 Å². The summed E-state index contributed by atoms with van der Waals surface area (Å²) < 4.78 is 45.0. The third-order valence-electron chi connectivity index (χ3n) is 6.31. The lowest BCUT2D eigenvalue weighted by Crippen LogP contribution is -2.50. The first-order valence-corrected chi connectivity index (χ1v) is 10.8. The summed E-state index contributed by atoms with van der Waals surface area (Å²) in [4.78, 5) is 17.9. The number of halogens is 3. The highest BCUT2D eigenvalue weighted by molar-refractivity contribution is 5.91. The Labute approximate surface area is 194 Å². The Morgan fingerprint density at radius 2 is 2.00 bits per heavy atom. The number of aromatic nitrogens is 1. The molecule has 182 valence electrons. The average Bonchev–Trinajstić information content (AvgIpc) is 3.25. The van der Waals surface area contributed by atoms with Crippen LogP contribution in [0.25, 0.3) is 10.9 Å². The molecule has 1 aromatic heterocycles. The summed E-state index contributed by atoms with van der Waals surface area (Å²) >= 11 is 0. The predicted molar refractivity (Wildman–Crippen MR) is 120 cm³/mol. The molecule has 1 fully saturated rings. The Hall–Kier alpha value is -3.24. The van der Waals surface area contributed by atoms with E-state index in [4.69, 9.17) is 4.74 Å². The van der Waals surface area contributed by atoms with Crippen molar-refractivity contribution in [1.29, 1.82) is 0 Å². The lowest BCUT2D eigenvalue weighted by atomic mass is 9.98. The number of benzene rings is 2. The van der Waals surface area contributed by atoms with Crippen LogP contribution in [0, 0.1) is 6.92 Å². The van der Waals surface area contributed by atoms with Gasteiger partial charge in [0.1, 0.15) is 17.1 Å². The van der Waals surface area contributed by atoms with Crippen molar-refractivity contribution >= 4 is 16.9 Å². The molecule has 0 aliphatic carbocycles. The Morgan fingerprint density at radius 3 is 2.65 bits per heavy atom. The Morgan fingerprint density at radius 1 is 1.24 bits per heavy atom. The van der Waals surface area contributed by atoms with Crippen LogP contribution in [0.15, 0.2) is 36.5 Å². The van der Waals surface area contributed by atoms with Gasteiger partial charge in [-0.05, 0) is 42.3 Å². The number of phenols is 1. The largest absolute Gasteiger partial charge is 0.507 e. The highest BCUT2D eigenvalue weighted by Crippen LogP contribution is 2.36. The van der Waals surface area contributed by atoms with Crippen molar-refractivity contribution in [2.24, 2.45) is 0 Å². The van der Waals surface area contributed by atoms with Crippen LogP contribution in [0.4, 0.5) is 13.2 Å². The summed E-state index contributed by atoms with van der Waals surface area (Å²) in [7, 11) is 1.58. The van der Waals surface area contributed by atoms with Crippen molar-refractivity contribution in [3.63, 3.8) is 0 Å². The van der Waals surface area contributed by atoms with Crippen LogP contribution in [0.3, 0.4) is 0 Å². The number of fused-ring (bicyclic) bond motifs is 1. The van der Waals surface area contributed by atoms with E-state index in [0.29, 0.717) is 24.4 Å². The molecule has 3 N–H and O–H groups in total. The number of aryl methyl sites for hydroxylation is 1. The van der Waals surface area contributed by atoms with Crippen molar-refractivity contribution in [1.82, 2.24) is 14.8 Å². The Kier molecular flexibility index (Phi) is 6.46. The van der Waals surface area contributed by atoms with E-state index in [-0.39, 0.29) is 18.7 Å². The van der Waals surface area contributed by atoms with Gasteiger partial charge in [0.2, 0.25) is 0 Å². The van der Waals surface area contributed by atoms with Gasteiger partial charge in [-0.1, -0.05) is 6.07 Å². The second kappa shape index (κ2) is 9.19. The van der Waals surface area contributed by atoms with E-state index in [2.05, 4.69) is 4.98 Å². The molecule has 1 saturated heterocycles. The van der Waals surface area contributed by atoms with Gasteiger partial charge in [0.25, 0.3) is 0 Å². The monoisotopic (exact) mass is 477 g/mol. The number of ether oxygens (including phenoxy) is 1. The maximum absolute atomic E-state index is 13.1. The van der Waals surface area contributed by atoms with E-state index in [1.807, 2.05) is 30.2 Å². The van der Waals surface area contributed by atoms with Crippen LogP contribution in [-0.2, 0) is 6.54 Å². The molecule has 1 aliphatic rings. The van der Waals surface area contributed by atoms with Gasteiger partial charge in [0.15, 0.2) is 0 Å². The molecule has 7 nitrogen and oxygen atoms in total. The molecule has 2 heterocycles. The predicted octanol–water partition coefficient (Wildman–Crippen LogP) is 4.31. The standard InChI is InChI=1S/C24H26F3N3O4/c1-14-9-21(34-2)18(16-5-6-28-22(14)16)11-30-8-7-29(13-24(25,26)27)12-19(30)15-3-4-17(23(32)33)20(31)10-15/h3-6,9-10,19,28,31H,7-8,11-13H2,1-2H3,(H,32,33)/t19-/m0/s1. The first kappa shape index (κ1) is 23.9. The van der Waals surface area contributed by atoms with Crippen molar-refractivity contribution in [2.45, 2.75) is 25.7 Å². The molecule has 2 aromatic carbocycles. The molecule has 1 atom stereocenters. The fraction of sp³-hybridized carbons (Fsp3) is 0.375. The Bertz CT molecular complexity index is 1210. The number of methoxy groups -OCH3 is 1. The van der Waals surface area contributed by atoms with Crippen molar-refractivity contribution < 1.29 is 32.9 Å². The first-order valence-electron chi connectivity index (χ1n) is 10.8. The lowest BCUT2D eigenvalue weighted by molar-refractivity contribution is -0.152. The number of hydrogen-bond donors (Lipinski definition) is 3. The molecule has 0 unspecified atom stereocenters. The minimum absolute atomic E-state index is 0.0792. The lowest BCUT2D eigenvalue weighted by Gasteiger charge is -2.42. The second-order valence-corrected chi connectivity index (χ2v) is 8.56. The van der Waals surface area contributed by atoms with Crippen LogP contribution in [0.5, 0.6) is 11.5 Å². The quantitative estimate of drug-likeness (QED) is 0.490. The number of hydrogen-bond acceptors (Lipinski definition) is 5. The van der Waals surface area contributed by atoms with E-state index in [1.54, 1.807) is 13.2 Å². The SMILES string of the molecule is COc1cc(C)c2[nH]ccc2c1CN1CCN(CC(F)(F)F)C[C@H]1c1ccc(C(=O)O)c(O)c1. The van der Waals surface area contributed by atoms with Crippen LogP contribution in [0.1, 0.15) is 33.1 Å². The molecule has 10 heteroatoms. The fourth-order valence-corrected chi connectivity index (χ4v) is 4.70. The van der Waals surface area contributed by atoms with Crippen LogP contribution in [-0.4, -0.2) is 70.4 Å². The van der Waals surface area contributed by atoms with E-state index in [0.717, 1.165) is 22.0 Å². The number of nitrogens with zero attached hydrogens (tertiary/aromatic N) is 2. The van der Waals surface area contributed by atoms with Crippen molar-refractivity contribution in [3.05, 3.63) is 58.8 Å². The molecule has 34 heavy (non-hydrogen) atoms. The van der Waals surface area contributed by atoms with Gasteiger partial charge in [-0.2, -0.15) is 13.2 Å². The molecule has 3 aromatic rings. The number of aromatic amines is 1. The van der Waals surface area contributed by atoms with Crippen molar-refractivity contribution in [2.75, 3.05) is 33.3 Å². The number of nitrogens with one attached hydrogen (secondary N) is 1. The molecule has 0 radical (unpaired) electrons. The highest BCUT2D eigenvalue weighted by Gasteiger charge is 2.36. The van der Waals surface area contributed by atoms with Gasteiger partial charge >= 0.3 is 12.1 Å². The number of carboxylic acid groups (broad SMARTS) is 1. The number of aromatic hydroxyl groups is 1. The molecule has 0 amide bonds. The summed E-state index contributed by atoms with van der Waals surface area (Å²) in [5, 5.41) is 20.4. The summed E-state index contributed by atoms with van der Waals surface area (Å²) in [6.07, 6.45) is -2.50. The molecule has 1 aliphatic heterocycles. The summed E-state index contributed by atoms with van der Waals surface area (Å²) in [5.74, 6) is -1.01. The van der Waals surface area contributed by atoms with Gasteiger partial charge < -0.3 is 19.9 Å². The molecular weight excluding hydrogens is 451 g/mol. The van der Waals surface area contributed by atoms with Crippen LogP contribution >= 0.6 is 0 Å². The summed E-state index contributed by atoms with van der Waals surface area (Å²) in [6, 6.07) is 7.54. The second-order valence-electron chi connectivity index (χ2n) is 8.56. The van der Waals surface area contributed by atoms with Gasteiger partial charge in [-0.3, -0.25) is 9.80 Å². The van der Waals surface area contributed by atoms with Crippen LogP contribution < -0.4 is 4.74 Å². The molecule has 0 spiro atoms. The minimum Gasteiger partial charge on any atom is -0.507 e. The third kappa shape index (κ3) is 4.83. The van der Waals surface area contributed by atoms with E-state index < -0.39 is 30.5 Å². The first-order chi connectivity index (χ1) is 16.1. The zero-order chi connectivity index (χ0) is 24.6. The normalized spacial score (nSPS) is 17.9. The zero-order valence-electron chi connectivity index (χ0n) is 18.8. The number of aromatic carboxylic acids is 1. The summed E-state index contributed by atoms with van der Waals surface area (Å²) in [5.41, 5.74) is 3.18. The molecule has 4 rings (SSSR count). The maximum atomic E-state index is 13.1. The Balaban J connectivity index is 1.72. The summed E-state index contributed by atoms with van der Waals surface area (Å²) in [6.45, 7) is 1.99. The number of alkyl halides is 3. The van der Waals surface area contributed by atoms with E-state index in [9.17, 15) is 28.2 Å². The molecule has 0 bridgehead atoms. The number of rotatable bonds is 6. The topological polar surface area (TPSA) is 89.0 Å². The fourth-order valence-electron chi connectivity index (χ4n) is 4.70. The number of piperazine rings is 1. The average molecular weight is 477 g/mol. The smallest absolute Gasteiger partial charge is 0.401 e. The number of carboxylic acids is 1. The van der Waals surface area contributed by atoms with Crippen LogP contribution in [0.2, 0.25) is 0 Å². The maximum Gasteiger partial charge on any atom is 0.401 e. The minimum atomic E-state index is -4.33. The van der Waals surface area contributed by atoms with Gasteiger partial charge in [0, 0.05) is 54.9 Å². The van der Waals surface area contributed by atoms with Crippen molar-refractivity contribution in [3.8, 4) is 11.5 Å². The highest BCUT2D eigenvalue weighted by atomic mass is 19.4. The zero-order valence-corrected chi connectivity index (χ0v) is 18.8. The third-order valence-corrected chi connectivity index (χ3v) is 6.31. The molecular formula is C24H26F3N3O4. The molecule has 0 saturated carbocycles. The van der Waals surface area contributed by atoms with Gasteiger partial charge in [-0.25, -0.2) is 4.79 Å². The van der Waals surface area contributed by atoms with Gasteiger partial charge in [-0.15, -0.1) is 0 Å². The van der Waals surface area contributed by atoms with E-state index in [1.165, 1.54) is 17.0 Å².